The van der Waals surface area contributed by atoms with E-state index in [1.807, 2.05) is 0 Å². The van der Waals surface area contributed by atoms with Crippen LogP contribution < -0.4 is 4.90 Å². The Bertz CT molecular complexity index is 3900. The topological polar surface area (TPSA) is 21.3 Å². The lowest BCUT2D eigenvalue weighted by molar-refractivity contribution is 0.672. The molecule has 0 atom stereocenters. The SMILES string of the molecule is c1ccc(-n2c3cc(-c4ccc(N(c5ccc(-c6ccc7ccccc7c6)cc5)c5ccc6c(c5)oc5c7ccccc7ccc65)cc4)ccc3c3ccc4ccccc4c32)cc1. The molecule has 11 aromatic carbocycles. The lowest BCUT2D eigenvalue weighted by Crippen LogP contribution is -2.09. The first-order valence-corrected chi connectivity index (χ1v) is 21.6. The molecule has 0 saturated carbocycles. The van der Waals surface area contributed by atoms with E-state index in [0.717, 1.165) is 55.6 Å². The highest BCUT2D eigenvalue weighted by atomic mass is 16.3. The predicted octanol–water partition coefficient (Wildman–Crippen LogP) is 16.9. The molecular formula is C60H38N2O. The zero-order valence-electron chi connectivity index (χ0n) is 34.2. The molecular weight excluding hydrogens is 765 g/mol. The normalized spacial score (nSPS) is 11.8. The van der Waals surface area contributed by atoms with Gasteiger partial charge < -0.3 is 13.9 Å². The van der Waals surface area contributed by atoms with E-state index in [2.05, 4.69) is 240 Å². The van der Waals surface area contributed by atoms with Crippen molar-refractivity contribution in [1.29, 1.82) is 0 Å². The van der Waals surface area contributed by atoms with Crippen LogP contribution in [0.5, 0.6) is 0 Å². The molecule has 0 amide bonds. The summed E-state index contributed by atoms with van der Waals surface area (Å²) in [5, 5.41) is 12.0. The van der Waals surface area contributed by atoms with Gasteiger partial charge in [0.25, 0.3) is 0 Å². The molecule has 0 unspecified atom stereocenters. The van der Waals surface area contributed by atoms with Crippen molar-refractivity contribution in [3.8, 4) is 27.9 Å². The fourth-order valence-corrected chi connectivity index (χ4v) is 9.86. The maximum absolute atomic E-state index is 6.71. The van der Waals surface area contributed by atoms with Crippen molar-refractivity contribution in [2.24, 2.45) is 0 Å². The summed E-state index contributed by atoms with van der Waals surface area (Å²) in [5.41, 5.74) is 13.2. The van der Waals surface area contributed by atoms with Gasteiger partial charge >= 0.3 is 0 Å². The van der Waals surface area contributed by atoms with Crippen molar-refractivity contribution in [1.82, 2.24) is 4.57 Å². The molecule has 0 aliphatic heterocycles. The molecule has 0 aliphatic rings. The molecule has 3 heteroatoms. The molecule has 0 spiro atoms. The molecule has 0 bridgehead atoms. The Morgan fingerprint density at radius 2 is 0.841 bits per heavy atom. The quantitative estimate of drug-likeness (QED) is 0.167. The number of nitrogens with zero attached hydrogens (tertiary/aromatic N) is 2. The van der Waals surface area contributed by atoms with Gasteiger partial charge in [-0.1, -0.05) is 158 Å². The van der Waals surface area contributed by atoms with Crippen LogP contribution in [0.15, 0.2) is 235 Å². The molecule has 63 heavy (non-hydrogen) atoms. The minimum Gasteiger partial charge on any atom is -0.455 e. The van der Waals surface area contributed by atoms with Crippen LogP contribution >= 0.6 is 0 Å². The van der Waals surface area contributed by atoms with Crippen LogP contribution in [0.3, 0.4) is 0 Å². The Labute approximate surface area is 363 Å². The smallest absolute Gasteiger partial charge is 0.143 e. The number of furan rings is 1. The summed E-state index contributed by atoms with van der Waals surface area (Å²) in [4.78, 5) is 2.33. The van der Waals surface area contributed by atoms with E-state index in [0.29, 0.717) is 0 Å². The van der Waals surface area contributed by atoms with E-state index in [9.17, 15) is 0 Å². The van der Waals surface area contributed by atoms with Crippen LogP contribution in [0, 0.1) is 0 Å². The lowest BCUT2D eigenvalue weighted by atomic mass is 10.0. The van der Waals surface area contributed by atoms with Gasteiger partial charge in [0.2, 0.25) is 0 Å². The largest absolute Gasteiger partial charge is 0.455 e. The summed E-state index contributed by atoms with van der Waals surface area (Å²) in [6, 6.07) is 83.5. The molecule has 2 aromatic heterocycles. The lowest BCUT2D eigenvalue weighted by Gasteiger charge is -2.26. The summed E-state index contributed by atoms with van der Waals surface area (Å²) in [5.74, 6) is 0. The van der Waals surface area contributed by atoms with Gasteiger partial charge in [-0.3, -0.25) is 0 Å². The molecule has 294 valence electrons. The molecule has 0 N–H and O–H groups in total. The van der Waals surface area contributed by atoms with Gasteiger partial charge in [0.05, 0.1) is 11.0 Å². The standard InChI is InChI=1S/C60H38N2O/c1-2-14-47(15-3-1)62-57-37-46(26-32-53(57)55-33-24-42-11-6-8-16-51(42)59(55)62)41-22-29-49(30-23-41)61(48-27-20-40(21-28-48)45-19-18-39-10-4-5-13-44(39)36-45)50-31-35-54-56-34-25-43-12-7-9-17-52(43)60(56)63-58(54)38-50/h1-38H. The number of anilines is 3. The van der Waals surface area contributed by atoms with Gasteiger partial charge in [-0.25, -0.2) is 0 Å². The van der Waals surface area contributed by atoms with E-state index < -0.39 is 0 Å². The van der Waals surface area contributed by atoms with Crippen LogP contribution in [-0.4, -0.2) is 4.57 Å². The molecule has 13 rings (SSSR count). The summed E-state index contributed by atoms with van der Waals surface area (Å²) < 4.78 is 9.15. The second-order valence-corrected chi connectivity index (χ2v) is 16.5. The second-order valence-electron chi connectivity index (χ2n) is 16.5. The van der Waals surface area contributed by atoms with Crippen LogP contribution in [0.25, 0.3) is 104 Å². The Kier molecular flexibility index (Phi) is 7.91. The van der Waals surface area contributed by atoms with E-state index in [4.69, 9.17) is 4.42 Å². The van der Waals surface area contributed by atoms with Crippen molar-refractivity contribution >= 4 is 93.1 Å². The minimum atomic E-state index is 0.864. The zero-order chi connectivity index (χ0) is 41.4. The molecule has 2 heterocycles. The van der Waals surface area contributed by atoms with Crippen molar-refractivity contribution in [2.75, 3.05) is 4.90 Å². The highest BCUT2D eigenvalue weighted by Crippen LogP contribution is 2.43. The first-order chi connectivity index (χ1) is 31.2. The maximum atomic E-state index is 6.71. The fraction of sp³-hybridized carbons (Fsp3) is 0. The van der Waals surface area contributed by atoms with Gasteiger partial charge in [-0.2, -0.15) is 0 Å². The summed E-state index contributed by atoms with van der Waals surface area (Å²) in [6.45, 7) is 0. The second kappa shape index (κ2) is 14.1. The number of aromatic nitrogens is 1. The van der Waals surface area contributed by atoms with E-state index in [1.165, 1.54) is 65.4 Å². The zero-order valence-corrected chi connectivity index (χ0v) is 34.2. The van der Waals surface area contributed by atoms with E-state index in [1.54, 1.807) is 0 Å². The van der Waals surface area contributed by atoms with Gasteiger partial charge in [0, 0.05) is 61.1 Å². The number of rotatable bonds is 6. The average molecular weight is 803 g/mol. The van der Waals surface area contributed by atoms with Crippen LogP contribution in [-0.2, 0) is 0 Å². The number of fused-ring (bicyclic) bond motifs is 11. The first kappa shape index (κ1) is 35.4. The van der Waals surface area contributed by atoms with E-state index >= 15 is 0 Å². The fourth-order valence-electron chi connectivity index (χ4n) is 9.86. The highest BCUT2D eigenvalue weighted by Gasteiger charge is 2.19. The van der Waals surface area contributed by atoms with Crippen molar-refractivity contribution in [2.45, 2.75) is 0 Å². The molecule has 0 saturated heterocycles. The summed E-state index contributed by atoms with van der Waals surface area (Å²) in [7, 11) is 0. The third kappa shape index (κ3) is 5.75. The maximum Gasteiger partial charge on any atom is 0.143 e. The summed E-state index contributed by atoms with van der Waals surface area (Å²) in [6.07, 6.45) is 0. The molecule has 0 radical (unpaired) electrons. The Hall–Kier alpha value is -8.40. The minimum absolute atomic E-state index is 0.864. The van der Waals surface area contributed by atoms with Gasteiger partial charge in [0.15, 0.2) is 0 Å². The molecule has 3 nitrogen and oxygen atoms in total. The van der Waals surface area contributed by atoms with Crippen molar-refractivity contribution in [3.63, 3.8) is 0 Å². The average Bonchev–Trinajstić information content (AvgIpc) is 3.90. The van der Waals surface area contributed by atoms with Crippen LogP contribution in [0.4, 0.5) is 17.1 Å². The van der Waals surface area contributed by atoms with Gasteiger partial charge in [-0.15, -0.1) is 0 Å². The summed E-state index contributed by atoms with van der Waals surface area (Å²) >= 11 is 0. The Morgan fingerprint density at radius 3 is 1.59 bits per heavy atom. The third-order valence-electron chi connectivity index (χ3n) is 12.9. The van der Waals surface area contributed by atoms with Crippen LogP contribution in [0.1, 0.15) is 0 Å². The highest BCUT2D eigenvalue weighted by molar-refractivity contribution is 6.19. The Balaban J connectivity index is 0.937. The monoisotopic (exact) mass is 802 g/mol. The molecule has 13 aromatic rings. The van der Waals surface area contributed by atoms with Crippen molar-refractivity contribution < 1.29 is 4.42 Å². The van der Waals surface area contributed by atoms with Crippen molar-refractivity contribution in [3.05, 3.63) is 231 Å². The number of benzene rings is 11. The first-order valence-electron chi connectivity index (χ1n) is 21.6. The number of hydrogen-bond donors (Lipinski definition) is 0. The Morgan fingerprint density at radius 1 is 0.317 bits per heavy atom. The van der Waals surface area contributed by atoms with Crippen LogP contribution in [0.2, 0.25) is 0 Å². The molecule has 0 aliphatic carbocycles. The molecule has 0 fully saturated rings. The van der Waals surface area contributed by atoms with Gasteiger partial charge in [-0.05, 0) is 111 Å². The van der Waals surface area contributed by atoms with Gasteiger partial charge in [0.1, 0.15) is 11.2 Å². The predicted molar refractivity (Wildman–Crippen MR) is 266 cm³/mol. The van der Waals surface area contributed by atoms with E-state index in [-0.39, 0.29) is 0 Å². The number of para-hydroxylation sites is 1. The third-order valence-corrected chi connectivity index (χ3v) is 12.9. The number of hydrogen-bond acceptors (Lipinski definition) is 2.